The first-order chi connectivity index (χ1) is 12.1. The van der Waals surface area contributed by atoms with E-state index in [1.807, 2.05) is 42.6 Å². The average molecular weight is 341 g/mol. The monoisotopic (exact) mass is 341 g/mol. The fraction of sp³-hybridized carbons (Fsp3) is 0.389. The van der Waals surface area contributed by atoms with Gasteiger partial charge in [0.15, 0.2) is 0 Å². The summed E-state index contributed by atoms with van der Waals surface area (Å²) in [5.74, 6) is -0.299. The van der Waals surface area contributed by atoms with Gasteiger partial charge < -0.3 is 15.5 Å². The van der Waals surface area contributed by atoms with Crippen LogP contribution in [0.2, 0.25) is 0 Å². The van der Waals surface area contributed by atoms with Gasteiger partial charge in [-0.25, -0.2) is 0 Å². The number of nitrogens with zero attached hydrogens (tertiary/aromatic N) is 3. The number of nitrogens with one attached hydrogen (secondary N) is 2. The number of hydrogen-bond acceptors (Lipinski definition) is 4. The van der Waals surface area contributed by atoms with Crippen LogP contribution in [0.25, 0.3) is 0 Å². The van der Waals surface area contributed by atoms with Gasteiger partial charge in [0.2, 0.25) is 5.91 Å². The highest BCUT2D eigenvalue weighted by atomic mass is 16.2. The van der Waals surface area contributed by atoms with Crippen LogP contribution < -0.4 is 10.6 Å². The van der Waals surface area contributed by atoms with E-state index in [2.05, 4.69) is 15.7 Å². The number of carbonyl (C=O) groups excluding carboxylic acids is 2. The molecule has 2 amide bonds. The number of aromatic nitrogens is 2. The van der Waals surface area contributed by atoms with Crippen LogP contribution in [0.5, 0.6) is 0 Å². The molecule has 1 aromatic carbocycles. The van der Waals surface area contributed by atoms with Gasteiger partial charge in [-0.1, -0.05) is 18.2 Å². The summed E-state index contributed by atoms with van der Waals surface area (Å²) >= 11 is 0. The van der Waals surface area contributed by atoms with Crippen molar-refractivity contribution in [2.45, 2.75) is 18.4 Å². The summed E-state index contributed by atoms with van der Waals surface area (Å²) in [5.41, 5.74) is -0.00622. The van der Waals surface area contributed by atoms with Crippen LogP contribution in [0.3, 0.4) is 0 Å². The molecule has 3 rings (SSSR count). The molecule has 0 radical (unpaired) electrons. The molecule has 2 heterocycles. The smallest absolute Gasteiger partial charge is 0.250 e. The second kappa shape index (κ2) is 7.48. The number of benzene rings is 1. The van der Waals surface area contributed by atoms with Crippen LogP contribution in [0.4, 0.5) is 5.69 Å². The highest BCUT2D eigenvalue weighted by molar-refractivity contribution is 5.95. The van der Waals surface area contributed by atoms with E-state index in [1.54, 1.807) is 17.9 Å². The number of anilines is 1. The highest BCUT2D eigenvalue weighted by Gasteiger charge is 2.43. The summed E-state index contributed by atoms with van der Waals surface area (Å²) in [6.45, 7) is 1.50. The van der Waals surface area contributed by atoms with E-state index >= 15 is 0 Å². The first kappa shape index (κ1) is 17.2. The summed E-state index contributed by atoms with van der Waals surface area (Å²) in [6.07, 6.45) is 4.80. The maximum Gasteiger partial charge on any atom is 0.250 e. The predicted octanol–water partition coefficient (Wildman–Crippen LogP) is 1.06. The Labute approximate surface area is 147 Å². The number of piperidine rings is 1. The van der Waals surface area contributed by atoms with Crippen molar-refractivity contribution in [3.05, 3.63) is 48.8 Å². The van der Waals surface area contributed by atoms with Gasteiger partial charge in [-0.2, -0.15) is 5.10 Å². The van der Waals surface area contributed by atoms with Crippen molar-refractivity contribution in [1.29, 1.82) is 0 Å². The predicted molar refractivity (Wildman–Crippen MR) is 95.0 cm³/mol. The molecule has 7 nitrogen and oxygen atoms in total. The second-order valence-corrected chi connectivity index (χ2v) is 6.31. The third-order valence-electron chi connectivity index (χ3n) is 4.56. The van der Waals surface area contributed by atoms with Crippen LogP contribution in [-0.2, 0) is 15.1 Å². The Morgan fingerprint density at radius 2 is 1.96 bits per heavy atom. The van der Waals surface area contributed by atoms with E-state index < -0.39 is 5.54 Å². The van der Waals surface area contributed by atoms with Gasteiger partial charge in [-0.15, -0.1) is 0 Å². The van der Waals surface area contributed by atoms with Gasteiger partial charge in [-0.05, 0) is 44.1 Å². The van der Waals surface area contributed by atoms with Crippen molar-refractivity contribution in [2.75, 3.05) is 32.0 Å². The molecule has 2 N–H and O–H groups in total. The summed E-state index contributed by atoms with van der Waals surface area (Å²) in [5, 5.41) is 10.4. The molecule has 1 aromatic heterocycles. The van der Waals surface area contributed by atoms with Crippen molar-refractivity contribution in [2.24, 2.45) is 0 Å². The zero-order chi connectivity index (χ0) is 17.7. The Morgan fingerprint density at radius 1 is 1.24 bits per heavy atom. The molecule has 0 bridgehead atoms. The molecular formula is C18H23N5O2. The molecular weight excluding hydrogens is 318 g/mol. The molecule has 1 saturated heterocycles. The Bertz CT molecular complexity index is 708. The van der Waals surface area contributed by atoms with E-state index in [-0.39, 0.29) is 18.4 Å². The molecule has 132 valence electrons. The minimum absolute atomic E-state index is 0.00414. The van der Waals surface area contributed by atoms with Crippen LogP contribution in [0.15, 0.2) is 48.8 Å². The Hall–Kier alpha value is -2.67. The van der Waals surface area contributed by atoms with Crippen molar-refractivity contribution >= 4 is 17.5 Å². The molecule has 25 heavy (non-hydrogen) atoms. The molecule has 1 aliphatic heterocycles. The molecule has 1 aliphatic rings. The zero-order valence-electron chi connectivity index (χ0n) is 14.3. The van der Waals surface area contributed by atoms with E-state index in [0.29, 0.717) is 12.8 Å². The fourth-order valence-electron chi connectivity index (χ4n) is 3.27. The van der Waals surface area contributed by atoms with Gasteiger partial charge in [0.05, 0.1) is 6.54 Å². The fourth-order valence-corrected chi connectivity index (χ4v) is 3.27. The lowest BCUT2D eigenvalue weighted by atomic mass is 9.87. The second-order valence-electron chi connectivity index (χ2n) is 6.31. The quantitative estimate of drug-likeness (QED) is 0.852. The maximum absolute atomic E-state index is 13.2. The number of amides is 2. The third-order valence-corrected chi connectivity index (χ3v) is 4.56. The van der Waals surface area contributed by atoms with Crippen LogP contribution in [0.1, 0.15) is 12.8 Å². The van der Waals surface area contributed by atoms with E-state index in [9.17, 15) is 9.59 Å². The Morgan fingerprint density at radius 3 is 2.60 bits per heavy atom. The van der Waals surface area contributed by atoms with Gasteiger partial charge in [-0.3, -0.25) is 14.3 Å². The molecule has 7 heteroatoms. The van der Waals surface area contributed by atoms with Gasteiger partial charge in [0.1, 0.15) is 5.54 Å². The van der Waals surface area contributed by atoms with Crippen molar-refractivity contribution in [1.82, 2.24) is 20.0 Å². The summed E-state index contributed by atoms with van der Waals surface area (Å²) in [7, 11) is 1.67. The lowest BCUT2D eigenvalue weighted by Crippen LogP contribution is -2.55. The SMILES string of the molecule is CN(CC(=O)Nc1ccccc1)C(=O)C1(n2cccn2)CCNCC1. The minimum Gasteiger partial charge on any atom is -0.334 e. The maximum atomic E-state index is 13.2. The number of carbonyl (C=O) groups is 2. The average Bonchev–Trinajstić information content (AvgIpc) is 3.17. The summed E-state index contributed by atoms with van der Waals surface area (Å²) in [6, 6.07) is 11.0. The number of likely N-dealkylation sites (N-methyl/N-ethyl adjacent to an activating group) is 1. The summed E-state index contributed by atoms with van der Waals surface area (Å²) < 4.78 is 1.74. The van der Waals surface area contributed by atoms with E-state index in [0.717, 1.165) is 18.8 Å². The largest absolute Gasteiger partial charge is 0.334 e. The normalized spacial score (nSPS) is 16.2. The standard InChI is InChI=1S/C18H23N5O2/c1-22(14-16(24)21-15-6-3-2-4-7-15)17(25)18(8-11-19-12-9-18)23-13-5-10-20-23/h2-7,10,13,19H,8-9,11-12,14H2,1H3,(H,21,24). The number of para-hydroxylation sites is 1. The molecule has 0 saturated carbocycles. The number of rotatable bonds is 5. The Balaban J connectivity index is 1.70. The van der Waals surface area contributed by atoms with Gasteiger partial charge in [0.25, 0.3) is 5.91 Å². The lowest BCUT2D eigenvalue weighted by Gasteiger charge is -2.39. The molecule has 0 unspecified atom stereocenters. The van der Waals surface area contributed by atoms with Crippen LogP contribution >= 0.6 is 0 Å². The molecule has 2 aromatic rings. The van der Waals surface area contributed by atoms with Crippen LogP contribution in [-0.4, -0.2) is 53.2 Å². The van der Waals surface area contributed by atoms with E-state index in [1.165, 1.54) is 4.90 Å². The topological polar surface area (TPSA) is 79.3 Å². The minimum atomic E-state index is -0.726. The molecule has 0 spiro atoms. The zero-order valence-corrected chi connectivity index (χ0v) is 14.3. The lowest BCUT2D eigenvalue weighted by molar-refractivity contribution is -0.143. The van der Waals surface area contributed by atoms with Gasteiger partial charge >= 0.3 is 0 Å². The highest BCUT2D eigenvalue weighted by Crippen LogP contribution is 2.29. The van der Waals surface area contributed by atoms with Crippen molar-refractivity contribution in [3.8, 4) is 0 Å². The van der Waals surface area contributed by atoms with E-state index in [4.69, 9.17) is 0 Å². The van der Waals surface area contributed by atoms with Crippen LogP contribution in [0, 0.1) is 0 Å². The molecule has 1 fully saturated rings. The van der Waals surface area contributed by atoms with Gasteiger partial charge in [0, 0.05) is 25.1 Å². The summed E-state index contributed by atoms with van der Waals surface area (Å²) in [4.78, 5) is 26.9. The molecule has 0 aliphatic carbocycles. The first-order valence-electron chi connectivity index (χ1n) is 8.43. The third kappa shape index (κ3) is 3.71. The Kier molecular flexibility index (Phi) is 5.14. The molecule has 0 atom stereocenters. The first-order valence-corrected chi connectivity index (χ1v) is 8.43. The number of hydrogen-bond donors (Lipinski definition) is 2. The van der Waals surface area contributed by atoms with Crippen molar-refractivity contribution < 1.29 is 9.59 Å². The van der Waals surface area contributed by atoms with Crippen molar-refractivity contribution in [3.63, 3.8) is 0 Å².